The molecule has 2 fully saturated rings. The van der Waals surface area contributed by atoms with E-state index in [2.05, 4.69) is 40.1 Å². The summed E-state index contributed by atoms with van der Waals surface area (Å²) in [6, 6.07) is 11.0. The second-order valence-electron chi connectivity index (χ2n) is 6.38. The molecule has 0 aromatic heterocycles. The lowest BCUT2D eigenvalue weighted by atomic mass is 10.0. The number of rotatable bonds is 6. The van der Waals surface area contributed by atoms with Crippen molar-refractivity contribution in [2.24, 2.45) is 11.7 Å². The first-order chi connectivity index (χ1) is 10.2. The molecule has 3 nitrogen and oxygen atoms in total. The van der Waals surface area contributed by atoms with Gasteiger partial charge in [0.15, 0.2) is 0 Å². The predicted molar refractivity (Wildman–Crippen MR) is 91.3 cm³/mol. The molecule has 0 bridgehead atoms. The number of hydrogen-bond acceptors (Lipinski definition) is 3. The maximum Gasteiger partial charge on any atom is 0.0746 e. The molecule has 1 aliphatic heterocycles. The molecule has 1 aliphatic carbocycles. The second-order valence-corrected chi connectivity index (χ2v) is 6.90. The molecule has 0 radical (unpaired) electrons. The third kappa shape index (κ3) is 4.25. The molecule has 4 heteroatoms. The summed E-state index contributed by atoms with van der Waals surface area (Å²) in [6.07, 6.45) is 3.66. The Morgan fingerprint density at radius 3 is 2.38 bits per heavy atom. The molecule has 3 rings (SSSR count). The highest BCUT2D eigenvalue weighted by molar-refractivity contribution is 7.80. The summed E-state index contributed by atoms with van der Waals surface area (Å²) in [5.74, 6) is 0.984. The smallest absolute Gasteiger partial charge is 0.0746 e. The van der Waals surface area contributed by atoms with Crippen LogP contribution in [0.2, 0.25) is 0 Å². The molecule has 1 heterocycles. The van der Waals surface area contributed by atoms with Crippen LogP contribution in [-0.4, -0.2) is 47.5 Å². The van der Waals surface area contributed by atoms with Gasteiger partial charge < -0.3 is 10.6 Å². The molecule has 114 valence electrons. The molecule has 1 aromatic rings. The Bertz CT molecular complexity index is 464. The van der Waals surface area contributed by atoms with Gasteiger partial charge in [-0.05, 0) is 24.3 Å². The van der Waals surface area contributed by atoms with E-state index < -0.39 is 0 Å². The van der Waals surface area contributed by atoms with Crippen LogP contribution in [0.1, 0.15) is 30.9 Å². The van der Waals surface area contributed by atoms with Crippen molar-refractivity contribution in [3.63, 3.8) is 0 Å². The minimum Gasteiger partial charge on any atom is -0.393 e. The molecular weight excluding hydrogens is 278 g/mol. The third-order valence-electron chi connectivity index (χ3n) is 4.64. The second kappa shape index (κ2) is 6.86. The molecule has 1 saturated heterocycles. The third-order valence-corrected chi connectivity index (χ3v) is 4.81. The van der Waals surface area contributed by atoms with Crippen LogP contribution in [0.3, 0.4) is 0 Å². The fraction of sp³-hybridized carbons (Fsp3) is 0.588. The van der Waals surface area contributed by atoms with E-state index in [-0.39, 0.29) is 0 Å². The molecule has 1 unspecified atom stereocenters. The average Bonchev–Trinajstić information content (AvgIpc) is 3.30. The van der Waals surface area contributed by atoms with E-state index >= 15 is 0 Å². The van der Waals surface area contributed by atoms with Crippen LogP contribution in [0.4, 0.5) is 0 Å². The zero-order chi connectivity index (χ0) is 14.7. The van der Waals surface area contributed by atoms with Crippen molar-refractivity contribution in [1.29, 1.82) is 0 Å². The Kier molecular flexibility index (Phi) is 4.88. The Morgan fingerprint density at radius 1 is 1.14 bits per heavy atom. The maximum atomic E-state index is 5.83. The fourth-order valence-corrected chi connectivity index (χ4v) is 3.40. The van der Waals surface area contributed by atoms with Gasteiger partial charge in [0.25, 0.3) is 0 Å². The van der Waals surface area contributed by atoms with E-state index in [4.69, 9.17) is 18.0 Å². The Morgan fingerprint density at radius 2 is 1.81 bits per heavy atom. The molecular formula is C17H25N3S. The Balaban J connectivity index is 1.62. The zero-order valence-corrected chi connectivity index (χ0v) is 13.4. The van der Waals surface area contributed by atoms with E-state index in [0.29, 0.717) is 11.0 Å². The largest absolute Gasteiger partial charge is 0.393 e. The maximum absolute atomic E-state index is 5.83. The normalized spacial score (nSPS) is 22.1. The van der Waals surface area contributed by atoms with Crippen molar-refractivity contribution in [3.8, 4) is 0 Å². The number of piperazine rings is 1. The molecule has 2 N–H and O–H groups in total. The fourth-order valence-electron chi connectivity index (χ4n) is 3.25. The predicted octanol–water partition coefficient (Wildman–Crippen LogP) is 2.43. The van der Waals surface area contributed by atoms with E-state index in [0.717, 1.165) is 25.4 Å². The van der Waals surface area contributed by atoms with Gasteiger partial charge in [0.1, 0.15) is 0 Å². The Hall–Kier alpha value is -0.970. The molecule has 1 atom stereocenters. The molecule has 0 spiro atoms. The summed E-state index contributed by atoms with van der Waals surface area (Å²) < 4.78 is 0. The number of hydrogen-bond donors (Lipinski definition) is 1. The van der Waals surface area contributed by atoms with Crippen LogP contribution >= 0.6 is 12.2 Å². The van der Waals surface area contributed by atoms with Gasteiger partial charge in [-0.25, -0.2) is 0 Å². The summed E-state index contributed by atoms with van der Waals surface area (Å²) in [6.45, 7) is 5.90. The lowest BCUT2D eigenvalue weighted by Gasteiger charge is -2.39. The zero-order valence-electron chi connectivity index (χ0n) is 12.6. The number of thiocarbonyl (C=S) groups is 1. The molecule has 1 aromatic carbocycles. The summed E-state index contributed by atoms with van der Waals surface area (Å²) in [5.41, 5.74) is 7.17. The van der Waals surface area contributed by atoms with E-state index in [1.165, 1.54) is 38.0 Å². The first-order valence-electron chi connectivity index (χ1n) is 8.02. The average molecular weight is 303 g/mol. The van der Waals surface area contributed by atoms with Crippen LogP contribution in [0.5, 0.6) is 0 Å². The van der Waals surface area contributed by atoms with Crippen LogP contribution in [0.15, 0.2) is 30.3 Å². The van der Waals surface area contributed by atoms with Crippen molar-refractivity contribution in [2.75, 3.05) is 32.7 Å². The van der Waals surface area contributed by atoms with Crippen molar-refractivity contribution < 1.29 is 0 Å². The van der Waals surface area contributed by atoms with Crippen molar-refractivity contribution >= 4 is 17.2 Å². The van der Waals surface area contributed by atoms with Gasteiger partial charge in [-0.1, -0.05) is 42.5 Å². The topological polar surface area (TPSA) is 32.5 Å². The highest BCUT2D eigenvalue weighted by Crippen LogP contribution is 2.31. The van der Waals surface area contributed by atoms with Crippen LogP contribution in [-0.2, 0) is 0 Å². The summed E-state index contributed by atoms with van der Waals surface area (Å²) in [4.78, 5) is 5.79. The molecule has 2 aliphatic rings. The van der Waals surface area contributed by atoms with Crippen LogP contribution in [0.25, 0.3) is 0 Å². The first kappa shape index (κ1) is 14.9. The minimum absolute atomic E-state index is 0.340. The van der Waals surface area contributed by atoms with Gasteiger partial charge in [0, 0.05) is 45.2 Å². The van der Waals surface area contributed by atoms with E-state index in [1.807, 2.05) is 0 Å². The molecule has 21 heavy (non-hydrogen) atoms. The van der Waals surface area contributed by atoms with Crippen LogP contribution in [0, 0.1) is 5.92 Å². The van der Waals surface area contributed by atoms with Gasteiger partial charge in [-0.2, -0.15) is 0 Å². The van der Waals surface area contributed by atoms with Gasteiger partial charge >= 0.3 is 0 Å². The van der Waals surface area contributed by atoms with Crippen LogP contribution < -0.4 is 5.73 Å². The highest BCUT2D eigenvalue weighted by Gasteiger charge is 2.29. The standard InChI is InChI=1S/C17H25N3S/c18-17(21)12-16(15-4-2-1-3-5-15)20-10-8-19(9-11-20)13-14-6-7-14/h1-5,14,16H,6-13H2,(H2,18,21). The van der Waals surface area contributed by atoms with Gasteiger partial charge in [-0.15, -0.1) is 0 Å². The SMILES string of the molecule is NC(=S)CC(c1ccccc1)N1CCN(CC2CC2)CC1. The monoisotopic (exact) mass is 303 g/mol. The highest BCUT2D eigenvalue weighted by atomic mass is 32.1. The molecule has 1 saturated carbocycles. The Labute approximate surface area is 133 Å². The minimum atomic E-state index is 0.340. The molecule has 0 amide bonds. The van der Waals surface area contributed by atoms with Crippen molar-refractivity contribution in [3.05, 3.63) is 35.9 Å². The number of nitrogens with two attached hydrogens (primary N) is 1. The van der Waals surface area contributed by atoms with E-state index in [9.17, 15) is 0 Å². The summed E-state index contributed by atoms with van der Waals surface area (Å²) >= 11 is 5.17. The number of benzene rings is 1. The van der Waals surface area contributed by atoms with Gasteiger partial charge in [0.05, 0.1) is 4.99 Å². The quantitative estimate of drug-likeness (QED) is 0.818. The van der Waals surface area contributed by atoms with Crippen molar-refractivity contribution in [2.45, 2.75) is 25.3 Å². The van der Waals surface area contributed by atoms with E-state index in [1.54, 1.807) is 0 Å². The summed E-state index contributed by atoms with van der Waals surface area (Å²) in [7, 11) is 0. The lowest BCUT2D eigenvalue weighted by molar-refractivity contribution is 0.0952. The van der Waals surface area contributed by atoms with Gasteiger partial charge in [0.2, 0.25) is 0 Å². The first-order valence-corrected chi connectivity index (χ1v) is 8.43. The van der Waals surface area contributed by atoms with Gasteiger partial charge in [-0.3, -0.25) is 4.90 Å². The summed E-state index contributed by atoms with van der Waals surface area (Å²) in [5, 5.41) is 0. The lowest BCUT2D eigenvalue weighted by Crippen LogP contribution is -2.48. The van der Waals surface area contributed by atoms with Crippen molar-refractivity contribution in [1.82, 2.24) is 9.80 Å². The number of nitrogens with zero attached hydrogens (tertiary/aromatic N) is 2.